The topological polar surface area (TPSA) is 61.3 Å². The molecule has 1 aromatic heterocycles. The van der Waals surface area contributed by atoms with Crippen LogP contribution in [0.1, 0.15) is 11.3 Å². The van der Waals surface area contributed by atoms with E-state index in [2.05, 4.69) is 19.7 Å². The Bertz CT molecular complexity index is 546. The first-order valence-corrected chi connectivity index (χ1v) is 10.1. The van der Waals surface area contributed by atoms with Crippen molar-refractivity contribution in [1.29, 1.82) is 0 Å². The highest BCUT2D eigenvalue weighted by Crippen LogP contribution is 2.26. The number of rotatable bonds is 4. The van der Waals surface area contributed by atoms with Gasteiger partial charge in [-0.1, -0.05) is 0 Å². The van der Waals surface area contributed by atoms with E-state index in [4.69, 9.17) is 9.47 Å². The molecule has 0 aromatic carbocycles. The number of likely N-dealkylation sites (tertiary alicyclic amines) is 1. The third-order valence-corrected chi connectivity index (χ3v) is 6.39. The van der Waals surface area contributed by atoms with Gasteiger partial charge in [0, 0.05) is 62.9 Å². The molecular formula is C17H28N4O3S. The second kappa shape index (κ2) is 8.28. The lowest BCUT2D eigenvalue weighted by Gasteiger charge is -2.42. The Morgan fingerprint density at radius 2 is 1.80 bits per heavy atom. The van der Waals surface area contributed by atoms with Crippen molar-refractivity contribution in [1.82, 2.24) is 14.8 Å². The smallest absolute Gasteiger partial charge is 0.185 e. The summed E-state index contributed by atoms with van der Waals surface area (Å²) < 4.78 is 10.8. The Balaban J connectivity index is 1.29. The van der Waals surface area contributed by atoms with E-state index in [0.717, 1.165) is 83.8 Å². The molecule has 0 amide bonds. The molecule has 25 heavy (non-hydrogen) atoms. The number of hydrogen-bond donors (Lipinski definition) is 1. The first-order valence-electron chi connectivity index (χ1n) is 9.29. The van der Waals surface area contributed by atoms with E-state index >= 15 is 0 Å². The molecule has 3 aliphatic rings. The minimum Gasteiger partial charge on any atom is -0.390 e. The van der Waals surface area contributed by atoms with Crippen molar-refractivity contribution in [2.24, 2.45) is 0 Å². The highest BCUT2D eigenvalue weighted by atomic mass is 32.1. The van der Waals surface area contributed by atoms with Gasteiger partial charge in [0.2, 0.25) is 0 Å². The summed E-state index contributed by atoms with van der Waals surface area (Å²) in [7, 11) is 0. The lowest BCUT2D eigenvalue weighted by molar-refractivity contribution is -0.0532. The van der Waals surface area contributed by atoms with E-state index in [1.54, 1.807) is 11.3 Å². The van der Waals surface area contributed by atoms with Gasteiger partial charge in [-0.05, 0) is 6.42 Å². The van der Waals surface area contributed by atoms with Gasteiger partial charge < -0.3 is 19.5 Å². The Hall–Kier alpha value is -0.770. The Labute approximate surface area is 153 Å². The lowest BCUT2D eigenvalue weighted by atomic mass is 9.99. The molecule has 1 N–H and O–H groups in total. The molecule has 2 atom stereocenters. The van der Waals surface area contributed by atoms with Crippen molar-refractivity contribution < 1.29 is 14.6 Å². The standard InChI is InChI=1S/C17H28N4O3S/c22-16-13-19(2-1-15(16)20-3-7-23-8-4-20)12-14-11-18-17(25-14)21-5-9-24-10-6-21/h11,15-16,22H,1-10,12-13H2/t15-,16-/m1/s1. The van der Waals surface area contributed by atoms with Crippen LogP contribution in [0.5, 0.6) is 0 Å². The normalized spacial score (nSPS) is 29.9. The number of morpholine rings is 2. The number of aliphatic hydroxyl groups excluding tert-OH is 1. The molecule has 3 aliphatic heterocycles. The largest absolute Gasteiger partial charge is 0.390 e. The van der Waals surface area contributed by atoms with Crippen LogP contribution >= 0.6 is 11.3 Å². The van der Waals surface area contributed by atoms with Gasteiger partial charge in [0.05, 0.1) is 32.5 Å². The quantitative estimate of drug-likeness (QED) is 0.817. The molecule has 4 rings (SSSR count). The van der Waals surface area contributed by atoms with Crippen molar-refractivity contribution in [3.05, 3.63) is 11.1 Å². The number of β-amino-alcohol motifs (C(OH)–C–C–N with tert-alkyl or cyclic N) is 1. The van der Waals surface area contributed by atoms with Crippen molar-refractivity contribution >= 4 is 16.5 Å². The number of hydrogen-bond acceptors (Lipinski definition) is 8. The fourth-order valence-electron chi connectivity index (χ4n) is 3.95. The predicted octanol–water partition coefficient (Wildman–Crippen LogP) is 0.247. The second-order valence-electron chi connectivity index (χ2n) is 7.02. The first kappa shape index (κ1) is 17.6. The molecule has 3 fully saturated rings. The van der Waals surface area contributed by atoms with E-state index in [1.807, 2.05) is 6.20 Å². The SMILES string of the molecule is O[C@@H]1CN(Cc2cnc(N3CCOCC3)s2)CC[C@H]1N1CCOCC1. The minimum atomic E-state index is -0.279. The molecule has 1 aromatic rings. The van der Waals surface area contributed by atoms with Crippen molar-refractivity contribution in [3.63, 3.8) is 0 Å². The van der Waals surface area contributed by atoms with Crippen LogP contribution in [-0.4, -0.2) is 97.7 Å². The predicted molar refractivity (Wildman–Crippen MR) is 97.2 cm³/mol. The summed E-state index contributed by atoms with van der Waals surface area (Å²) >= 11 is 1.77. The first-order chi connectivity index (χ1) is 12.3. The summed E-state index contributed by atoms with van der Waals surface area (Å²) in [6.07, 6.45) is 2.74. The zero-order valence-electron chi connectivity index (χ0n) is 14.7. The molecule has 3 saturated heterocycles. The molecule has 0 bridgehead atoms. The van der Waals surface area contributed by atoms with Crippen LogP contribution < -0.4 is 4.90 Å². The van der Waals surface area contributed by atoms with E-state index in [1.165, 1.54) is 4.88 Å². The molecule has 0 spiro atoms. The van der Waals surface area contributed by atoms with Gasteiger partial charge >= 0.3 is 0 Å². The molecule has 0 unspecified atom stereocenters. The average Bonchev–Trinajstić information content (AvgIpc) is 3.12. The van der Waals surface area contributed by atoms with Crippen LogP contribution in [-0.2, 0) is 16.0 Å². The second-order valence-corrected chi connectivity index (χ2v) is 8.11. The maximum atomic E-state index is 10.6. The van der Waals surface area contributed by atoms with E-state index in [-0.39, 0.29) is 12.1 Å². The van der Waals surface area contributed by atoms with Crippen LogP contribution in [0.25, 0.3) is 0 Å². The summed E-state index contributed by atoms with van der Waals surface area (Å²) in [6, 6.07) is 0.283. The lowest BCUT2D eigenvalue weighted by Crippen LogP contribution is -2.56. The highest BCUT2D eigenvalue weighted by molar-refractivity contribution is 7.15. The van der Waals surface area contributed by atoms with Gasteiger partial charge in [0.15, 0.2) is 5.13 Å². The maximum Gasteiger partial charge on any atom is 0.185 e. The van der Waals surface area contributed by atoms with Crippen LogP contribution in [0.4, 0.5) is 5.13 Å². The van der Waals surface area contributed by atoms with Crippen LogP contribution in [0.15, 0.2) is 6.20 Å². The van der Waals surface area contributed by atoms with Gasteiger partial charge in [-0.15, -0.1) is 11.3 Å². The van der Waals surface area contributed by atoms with E-state index in [9.17, 15) is 5.11 Å². The summed E-state index contributed by atoms with van der Waals surface area (Å²) in [6.45, 7) is 9.56. The third-order valence-electron chi connectivity index (χ3n) is 5.35. The summed E-state index contributed by atoms with van der Waals surface area (Å²) in [5.74, 6) is 0. The van der Waals surface area contributed by atoms with Gasteiger partial charge in [0.1, 0.15) is 0 Å². The fourth-order valence-corrected chi connectivity index (χ4v) is 4.96. The summed E-state index contributed by atoms with van der Waals surface area (Å²) in [5.41, 5.74) is 0. The minimum absolute atomic E-state index is 0.279. The molecule has 0 saturated carbocycles. The van der Waals surface area contributed by atoms with Crippen molar-refractivity contribution in [2.75, 3.05) is 70.6 Å². The van der Waals surface area contributed by atoms with Crippen molar-refractivity contribution in [3.8, 4) is 0 Å². The Morgan fingerprint density at radius 1 is 1.08 bits per heavy atom. The van der Waals surface area contributed by atoms with Crippen LogP contribution in [0.3, 0.4) is 0 Å². The van der Waals surface area contributed by atoms with Gasteiger partial charge in [0.25, 0.3) is 0 Å². The number of thiazole rings is 1. The zero-order chi connectivity index (χ0) is 17.1. The van der Waals surface area contributed by atoms with Gasteiger partial charge in [-0.3, -0.25) is 9.80 Å². The number of aliphatic hydroxyl groups is 1. The number of ether oxygens (including phenoxy) is 2. The van der Waals surface area contributed by atoms with E-state index in [0.29, 0.717) is 0 Å². The average molecular weight is 369 g/mol. The molecule has 7 nitrogen and oxygen atoms in total. The molecule has 0 radical (unpaired) electrons. The monoisotopic (exact) mass is 368 g/mol. The third kappa shape index (κ3) is 4.32. The Kier molecular flexibility index (Phi) is 5.84. The number of anilines is 1. The summed E-state index contributed by atoms with van der Waals surface area (Å²) in [5, 5.41) is 11.7. The van der Waals surface area contributed by atoms with Gasteiger partial charge in [-0.25, -0.2) is 4.98 Å². The molecule has 0 aliphatic carbocycles. The van der Waals surface area contributed by atoms with Crippen molar-refractivity contribution in [2.45, 2.75) is 25.1 Å². The number of piperidine rings is 1. The highest BCUT2D eigenvalue weighted by Gasteiger charge is 2.33. The van der Waals surface area contributed by atoms with Crippen LogP contribution in [0, 0.1) is 0 Å². The maximum absolute atomic E-state index is 10.6. The van der Waals surface area contributed by atoms with E-state index < -0.39 is 0 Å². The molecular weight excluding hydrogens is 340 g/mol. The zero-order valence-corrected chi connectivity index (χ0v) is 15.5. The van der Waals surface area contributed by atoms with Crippen LogP contribution in [0.2, 0.25) is 0 Å². The molecule has 4 heterocycles. The van der Waals surface area contributed by atoms with Gasteiger partial charge in [-0.2, -0.15) is 0 Å². The fraction of sp³-hybridized carbons (Fsp3) is 0.824. The number of aromatic nitrogens is 1. The Morgan fingerprint density at radius 3 is 2.52 bits per heavy atom. The molecule has 140 valence electrons. The molecule has 8 heteroatoms. The summed E-state index contributed by atoms with van der Waals surface area (Å²) in [4.78, 5) is 12.9. The number of nitrogens with zero attached hydrogens (tertiary/aromatic N) is 4.